The van der Waals surface area contributed by atoms with Crippen molar-refractivity contribution in [1.29, 1.82) is 0 Å². The fourth-order valence-electron chi connectivity index (χ4n) is 1.97. The minimum absolute atomic E-state index is 0.488. The lowest BCUT2D eigenvalue weighted by Gasteiger charge is -2.25. The average Bonchev–Trinajstić information content (AvgIpc) is 2.19. The summed E-state index contributed by atoms with van der Waals surface area (Å²) < 4.78 is 0. The third-order valence-electron chi connectivity index (χ3n) is 2.62. The highest BCUT2D eigenvalue weighted by atomic mass is 14.9. The molecule has 1 N–H and O–H groups in total. The number of nitrogens with one attached hydrogen (secondary N) is 1. The summed E-state index contributed by atoms with van der Waals surface area (Å²) in [6.07, 6.45) is 4.17. The third-order valence-corrected chi connectivity index (χ3v) is 2.62. The summed E-state index contributed by atoms with van der Waals surface area (Å²) in [7, 11) is 0. The lowest BCUT2D eigenvalue weighted by atomic mass is 9.93. The van der Waals surface area contributed by atoms with Gasteiger partial charge in [0.15, 0.2) is 0 Å². The Morgan fingerprint density at radius 3 is 3.15 bits per heavy atom. The van der Waals surface area contributed by atoms with Crippen LogP contribution in [0.5, 0.6) is 0 Å². The van der Waals surface area contributed by atoms with Gasteiger partial charge in [-0.2, -0.15) is 0 Å². The Balaban J connectivity index is 2.31. The van der Waals surface area contributed by atoms with Gasteiger partial charge in [0.25, 0.3) is 0 Å². The molecule has 0 aromatic heterocycles. The highest BCUT2D eigenvalue weighted by Crippen LogP contribution is 2.24. The first-order valence-electron chi connectivity index (χ1n) is 4.84. The second-order valence-corrected chi connectivity index (χ2v) is 3.48. The molecule has 68 valence electrons. The van der Waals surface area contributed by atoms with Crippen LogP contribution >= 0.6 is 0 Å². The Morgan fingerprint density at radius 2 is 2.31 bits per heavy atom. The van der Waals surface area contributed by atoms with Gasteiger partial charge in [-0.3, -0.25) is 0 Å². The van der Waals surface area contributed by atoms with Crippen LogP contribution < -0.4 is 5.32 Å². The van der Waals surface area contributed by atoms with Gasteiger partial charge in [-0.15, -0.1) is 6.58 Å². The van der Waals surface area contributed by atoms with Gasteiger partial charge >= 0.3 is 0 Å². The Kier molecular flexibility index (Phi) is 2.46. The first-order valence-corrected chi connectivity index (χ1v) is 4.84. The van der Waals surface area contributed by atoms with Crippen LogP contribution in [0.2, 0.25) is 0 Å². The molecule has 1 heteroatoms. The lowest BCUT2D eigenvalue weighted by molar-refractivity contribution is 0.510. The van der Waals surface area contributed by atoms with Crippen molar-refractivity contribution in [3.05, 3.63) is 48.0 Å². The van der Waals surface area contributed by atoms with Crippen LogP contribution in [0.25, 0.3) is 0 Å². The largest absolute Gasteiger partial charge is 0.309 e. The maximum Gasteiger partial charge on any atom is 0.0357 e. The van der Waals surface area contributed by atoms with Gasteiger partial charge in [0.05, 0.1) is 0 Å². The molecule has 0 saturated heterocycles. The number of hydrogen-bond acceptors (Lipinski definition) is 1. The van der Waals surface area contributed by atoms with Gasteiger partial charge in [0, 0.05) is 6.04 Å². The van der Waals surface area contributed by atoms with Gasteiger partial charge in [-0.1, -0.05) is 30.3 Å². The lowest BCUT2D eigenvalue weighted by Crippen LogP contribution is -2.29. The van der Waals surface area contributed by atoms with Crippen molar-refractivity contribution in [3.63, 3.8) is 0 Å². The Morgan fingerprint density at radius 1 is 1.46 bits per heavy atom. The van der Waals surface area contributed by atoms with E-state index in [1.165, 1.54) is 11.1 Å². The standard InChI is InChI=1S/C12H15N/c1-2-5-12-11-7-4-3-6-10(11)8-9-13-12/h2-4,6-7,12-13H,1,5,8-9H2/t12-/m1/s1. The van der Waals surface area contributed by atoms with Gasteiger partial charge < -0.3 is 5.32 Å². The molecule has 0 spiro atoms. The molecule has 0 unspecified atom stereocenters. The predicted octanol–water partition coefficient (Wildman–Crippen LogP) is 2.45. The van der Waals surface area contributed by atoms with E-state index in [0.717, 1.165) is 19.4 Å². The molecular weight excluding hydrogens is 158 g/mol. The molecule has 1 aromatic carbocycles. The first-order chi connectivity index (χ1) is 6.42. The Labute approximate surface area is 79.5 Å². The molecule has 2 rings (SSSR count). The highest BCUT2D eigenvalue weighted by molar-refractivity contribution is 5.32. The van der Waals surface area contributed by atoms with Crippen molar-refractivity contribution in [2.75, 3.05) is 6.54 Å². The average molecular weight is 173 g/mol. The summed E-state index contributed by atoms with van der Waals surface area (Å²) in [5, 5.41) is 3.50. The highest BCUT2D eigenvalue weighted by Gasteiger charge is 2.16. The van der Waals surface area contributed by atoms with Crippen LogP contribution in [-0.2, 0) is 6.42 Å². The molecular formula is C12H15N. The van der Waals surface area contributed by atoms with E-state index in [0.29, 0.717) is 6.04 Å². The van der Waals surface area contributed by atoms with Gasteiger partial charge in [-0.05, 0) is 30.5 Å². The van der Waals surface area contributed by atoms with E-state index in [-0.39, 0.29) is 0 Å². The van der Waals surface area contributed by atoms with E-state index in [2.05, 4.69) is 36.2 Å². The molecule has 13 heavy (non-hydrogen) atoms. The number of fused-ring (bicyclic) bond motifs is 1. The second kappa shape index (κ2) is 3.75. The molecule has 0 aliphatic carbocycles. The summed E-state index contributed by atoms with van der Waals surface area (Å²) >= 11 is 0. The minimum atomic E-state index is 0.488. The van der Waals surface area contributed by atoms with E-state index >= 15 is 0 Å². The minimum Gasteiger partial charge on any atom is -0.309 e. The van der Waals surface area contributed by atoms with E-state index < -0.39 is 0 Å². The van der Waals surface area contributed by atoms with Gasteiger partial charge in [0.2, 0.25) is 0 Å². The molecule has 1 aliphatic heterocycles. The predicted molar refractivity (Wildman–Crippen MR) is 55.7 cm³/mol. The molecule has 0 amide bonds. The molecule has 1 heterocycles. The number of hydrogen-bond donors (Lipinski definition) is 1. The summed E-state index contributed by atoms with van der Waals surface area (Å²) in [4.78, 5) is 0. The SMILES string of the molecule is C=CC[C@H]1NCCc2ccccc21. The normalized spacial score (nSPS) is 20.8. The van der Waals surface area contributed by atoms with Crippen molar-refractivity contribution in [3.8, 4) is 0 Å². The van der Waals surface area contributed by atoms with Crippen LogP contribution in [0, 0.1) is 0 Å². The zero-order chi connectivity index (χ0) is 9.10. The third kappa shape index (κ3) is 1.65. The first kappa shape index (κ1) is 8.52. The maximum atomic E-state index is 3.79. The molecule has 0 fully saturated rings. The van der Waals surface area contributed by atoms with Crippen LogP contribution in [0.1, 0.15) is 23.6 Å². The summed E-state index contributed by atoms with van der Waals surface area (Å²) in [5.41, 5.74) is 2.95. The van der Waals surface area contributed by atoms with E-state index in [4.69, 9.17) is 0 Å². The van der Waals surface area contributed by atoms with E-state index in [9.17, 15) is 0 Å². The summed E-state index contributed by atoms with van der Waals surface area (Å²) in [5.74, 6) is 0. The van der Waals surface area contributed by atoms with Crippen molar-refractivity contribution in [2.45, 2.75) is 18.9 Å². The molecule has 1 atom stereocenters. The van der Waals surface area contributed by atoms with E-state index in [1.54, 1.807) is 0 Å². The molecule has 1 aromatic rings. The smallest absolute Gasteiger partial charge is 0.0357 e. The molecule has 0 radical (unpaired) electrons. The van der Waals surface area contributed by atoms with Crippen molar-refractivity contribution < 1.29 is 0 Å². The zero-order valence-corrected chi connectivity index (χ0v) is 7.79. The monoisotopic (exact) mass is 173 g/mol. The Bertz CT molecular complexity index is 304. The van der Waals surface area contributed by atoms with Crippen molar-refractivity contribution >= 4 is 0 Å². The van der Waals surface area contributed by atoms with Crippen LogP contribution in [0.3, 0.4) is 0 Å². The van der Waals surface area contributed by atoms with E-state index in [1.807, 2.05) is 6.08 Å². The fraction of sp³-hybridized carbons (Fsp3) is 0.333. The molecule has 1 nitrogen and oxygen atoms in total. The van der Waals surface area contributed by atoms with Crippen molar-refractivity contribution in [1.82, 2.24) is 5.32 Å². The molecule has 1 aliphatic rings. The van der Waals surface area contributed by atoms with Crippen molar-refractivity contribution in [2.24, 2.45) is 0 Å². The Hall–Kier alpha value is -1.08. The van der Waals surface area contributed by atoms with Gasteiger partial charge in [-0.25, -0.2) is 0 Å². The fourth-order valence-corrected chi connectivity index (χ4v) is 1.97. The topological polar surface area (TPSA) is 12.0 Å². The molecule has 0 bridgehead atoms. The summed E-state index contributed by atoms with van der Waals surface area (Å²) in [6, 6.07) is 9.17. The quantitative estimate of drug-likeness (QED) is 0.677. The van der Waals surface area contributed by atoms with Crippen LogP contribution in [0.4, 0.5) is 0 Å². The van der Waals surface area contributed by atoms with Crippen LogP contribution in [-0.4, -0.2) is 6.54 Å². The number of benzene rings is 1. The summed E-state index contributed by atoms with van der Waals surface area (Å²) in [6.45, 7) is 4.88. The second-order valence-electron chi connectivity index (χ2n) is 3.48. The van der Waals surface area contributed by atoms with Crippen LogP contribution in [0.15, 0.2) is 36.9 Å². The maximum absolute atomic E-state index is 3.79. The zero-order valence-electron chi connectivity index (χ0n) is 7.79. The molecule has 0 saturated carbocycles. The van der Waals surface area contributed by atoms with Gasteiger partial charge in [0.1, 0.15) is 0 Å². The number of rotatable bonds is 2.